The highest BCUT2D eigenvalue weighted by Crippen LogP contribution is 2.46. The first-order chi connectivity index (χ1) is 10.1. The third kappa shape index (κ3) is 3.08. The van der Waals surface area contributed by atoms with E-state index in [2.05, 4.69) is 6.92 Å². The highest BCUT2D eigenvalue weighted by Gasteiger charge is 2.41. The monoisotopic (exact) mass is 291 g/mol. The summed E-state index contributed by atoms with van der Waals surface area (Å²) in [4.78, 5) is 0. The van der Waals surface area contributed by atoms with Gasteiger partial charge in [-0.15, -0.1) is 0 Å². The molecule has 1 saturated carbocycles. The van der Waals surface area contributed by atoms with Crippen LogP contribution < -0.4 is 10.5 Å². The van der Waals surface area contributed by atoms with Crippen LogP contribution in [-0.4, -0.2) is 5.60 Å². The maximum Gasteiger partial charge on any atom is 0.127 e. The smallest absolute Gasteiger partial charge is 0.127 e. The SMILES string of the molecule is CCCC1CCCC2(CC1)C[C@@H](N)c1ccc(F)cc1O2. The van der Waals surface area contributed by atoms with Gasteiger partial charge in [-0.05, 0) is 37.7 Å². The zero-order valence-corrected chi connectivity index (χ0v) is 12.9. The van der Waals surface area contributed by atoms with Gasteiger partial charge in [0.1, 0.15) is 17.2 Å². The van der Waals surface area contributed by atoms with Crippen LogP contribution in [0.4, 0.5) is 4.39 Å². The number of halogens is 1. The average Bonchev–Trinajstić information content (AvgIpc) is 2.62. The second kappa shape index (κ2) is 5.96. The summed E-state index contributed by atoms with van der Waals surface area (Å²) in [6.45, 7) is 2.26. The fourth-order valence-electron chi connectivity index (χ4n) is 4.14. The Balaban J connectivity index is 1.80. The number of ether oxygens (including phenoxy) is 1. The molecule has 0 amide bonds. The summed E-state index contributed by atoms with van der Waals surface area (Å²) >= 11 is 0. The normalized spacial score (nSPS) is 32.3. The molecule has 2 N–H and O–H groups in total. The lowest BCUT2D eigenvalue weighted by molar-refractivity contribution is 0.0199. The lowest BCUT2D eigenvalue weighted by atomic mass is 9.82. The Morgan fingerprint density at radius 3 is 3.00 bits per heavy atom. The molecule has 1 aliphatic carbocycles. The van der Waals surface area contributed by atoms with Crippen molar-refractivity contribution in [2.45, 2.75) is 69.9 Å². The summed E-state index contributed by atoms with van der Waals surface area (Å²) in [5.74, 6) is 1.25. The van der Waals surface area contributed by atoms with E-state index in [4.69, 9.17) is 10.5 Å². The molecule has 116 valence electrons. The van der Waals surface area contributed by atoms with E-state index in [0.29, 0.717) is 5.75 Å². The fourth-order valence-corrected chi connectivity index (χ4v) is 4.14. The van der Waals surface area contributed by atoms with Crippen LogP contribution in [0.15, 0.2) is 18.2 Å². The molecule has 0 radical (unpaired) electrons. The molecule has 1 aliphatic heterocycles. The van der Waals surface area contributed by atoms with Crippen molar-refractivity contribution >= 4 is 0 Å². The average molecular weight is 291 g/mol. The van der Waals surface area contributed by atoms with Crippen LogP contribution >= 0.6 is 0 Å². The Morgan fingerprint density at radius 2 is 2.19 bits per heavy atom. The molecule has 1 fully saturated rings. The molecule has 0 aromatic heterocycles. The molecule has 1 aromatic rings. The predicted molar refractivity (Wildman–Crippen MR) is 82.8 cm³/mol. The second-order valence-corrected chi connectivity index (χ2v) is 6.86. The zero-order chi connectivity index (χ0) is 14.9. The van der Waals surface area contributed by atoms with Gasteiger partial charge in [-0.25, -0.2) is 4.39 Å². The van der Waals surface area contributed by atoms with Crippen LogP contribution in [-0.2, 0) is 0 Å². The summed E-state index contributed by atoms with van der Waals surface area (Å²) in [7, 11) is 0. The van der Waals surface area contributed by atoms with Crippen molar-refractivity contribution in [3.05, 3.63) is 29.6 Å². The first-order valence-electron chi connectivity index (χ1n) is 8.36. The first-order valence-corrected chi connectivity index (χ1v) is 8.36. The highest BCUT2D eigenvalue weighted by atomic mass is 19.1. The Bertz CT molecular complexity index is 504. The molecule has 2 aliphatic rings. The molecule has 3 rings (SSSR count). The first kappa shape index (κ1) is 14.8. The minimum absolute atomic E-state index is 0.0305. The van der Waals surface area contributed by atoms with Crippen LogP contribution in [0.5, 0.6) is 5.75 Å². The van der Waals surface area contributed by atoms with E-state index in [1.165, 1.54) is 44.2 Å². The Labute approximate surface area is 126 Å². The molecule has 3 atom stereocenters. The van der Waals surface area contributed by atoms with E-state index in [9.17, 15) is 4.39 Å². The van der Waals surface area contributed by atoms with E-state index in [0.717, 1.165) is 30.7 Å². The summed E-state index contributed by atoms with van der Waals surface area (Å²) < 4.78 is 19.8. The van der Waals surface area contributed by atoms with Crippen molar-refractivity contribution in [1.29, 1.82) is 0 Å². The van der Waals surface area contributed by atoms with Gasteiger partial charge in [-0.1, -0.05) is 32.3 Å². The van der Waals surface area contributed by atoms with Gasteiger partial charge in [-0.3, -0.25) is 0 Å². The fraction of sp³-hybridized carbons (Fsp3) is 0.667. The number of hydrogen-bond donors (Lipinski definition) is 1. The van der Waals surface area contributed by atoms with Crippen molar-refractivity contribution in [2.24, 2.45) is 11.7 Å². The van der Waals surface area contributed by atoms with Crippen molar-refractivity contribution in [1.82, 2.24) is 0 Å². The number of fused-ring (bicyclic) bond motifs is 1. The topological polar surface area (TPSA) is 35.2 Å². The molecule has 1 spiro atoms. The van der Waals surface area contributed by atoms with Crippen molar-refractivity contribution in [3.8, 4) is 5.75 Å². The number of benzene rings is 1. The van der Waals surface area contributed by atoms with Gasteiger partial charge in [0.2, 0.25) is 0 Å². The number of nitrogens with two attached hydrogens (primary N) is 1. The van der Waals surface area contributed by atoms with E-state index in [1.54, 1.807) is 6.07 Å². The second-order valence-electron chi connectivity index (χ2n) is 6.86. The lowest BCUT2D eigenvalue weighted by Gasteiger charge is -2.41. The standard InChI is InChI=1S/C18H26FNO/c1-2-4-13-5-3-9-18(10-8-13)12-16(20)15-7-6-14(19)11-17(15)21-18/h6-7,11,13,16H,2-5,8-10,12,20H2,1H3/t13?,16-,18?/m1/s1. The minimum atomic E-state index is -0.240. The molecule has 3 heteroatoms. The molecule has 2 nitrogen and oxygen atoms in total. The molecular weight excluding hydrogens is 265 g/mol. The van der Waals surface area contributed by atoms with E-state index < -0.39 is 0 Å². The van der Waals surface area contributed by atoms with E-state index >= 15 is 0 Å². The van der Waals surface area contributed by atoms with E-state index in [1.807, 2.05) is 0 Å². The van der Waals surface area contributed by atoms with Crippen molar-refractivity contribution in [2.75, 3.05) is 0 Å². The highest BCUT2D eigenvalue weighted by molar-refractivity contribution is 5.39. The van der Waals surface area contributed by atoms with Crippen LogP contribution in [0.2, 0.25) is 0 Å². The molecule has 0 saturated heterocycles. The molecule has 21 heavy (non-hydrogen) atoms. The third-order valence-electron chi connectivity index (χ3n) is 5.24. The van der Waals surface area contributed by atoms with Crippen LogP contribution in [0.25, 0.3) is 0 Å². The Morgan fingerprint density at radius 1 is 1.33 bits per heavy atom. The quantitative estimate of drug-likeness (QED) is 0.855. The zero-order valence-electron chi connectivity index (χ0n) is 12.9. The van der Waals surface area contributed by atoms with Gasteiger partial charge in [-0.2, -0.15) is 0 Å². The van der Waals surface area contributed by atoms with Gasteiger partial charge in [0, 0.05) is 24.1 Å². The van der Waals surface area contributed by atoms with Gasteiger partial charge in [0.05, 0.1) is 0 Å². The van der Waals surface area contributed by atoms with Gasteiger partial charge in [0.25, 0.3) is 0 Å². The van der Waals surface area contributed by atoms with Crippen LogP contribution in [0.1, 0.15) is 69.9 Å². The van der Waals surface area contributed by atoms with Crippen LogP contribution in [0, 0.1) is 11.7 Å². The lowest BCUT2D eigenvalue weighted by Crippen LogP contribution is -2.42. The summed E-state index contributed by atoms with van der Waals surface area (Å²) in [5, 5.41) is 0. The van der Waals surface area contributed by atoms with Gasteiger partial charge >= 0.3 is 0 Å². The third-order valence-corrected chi connectivity index (χ3v) is 5.24. The van der Waals surface area contributed by atoms with Gasteiger partial charge in [0.15, 0.2) is 0 Å². The van der Waals surface area contributed by atoms with Gasteiger partial charge < -0.3 is 10.5 Å². The predicted octanol–water partition coefficient (Wildman–Crippen LogP) is 4.73. The molecule has 1 heterocycles. The molecule has 0 bridgehead atoms. The summed E-state index contributed by atoms with van der Waals surface area (Å²) in [6, 6.07) is 4.73. The van der Waals surface area contributed by atoms with Crippen molar-refractivity contribution in [3.63, 3.8) is 0 Å². The minimum Gasteiger partial charge on any atom is -0.487 e. The molecule has 2 unspecified atom stereocenters. The molecule has 1 aromatic carbocycles. The Kier molecular flexibility index (Phi) is 4.21. The maximum atomic E-state index is 13.5. The van der Waals surface area contributed by atoms with Crippen molar-refractivity contribution < 1.29 is 9.13 Å². The number of rotatable bonds is 2. The Hall–Kier alpha value is -1.09. The largest absolute Gasteiger partial charge is 0.487 e. The van der Waals surface area contributed by atoms with E-state index in [-0.39, 0.29) is 17.5 Å². The summed E-state index contributed by atoms with van der Waals surface area (Å²) in [6.07, 6.45) is 9.25. The van der Waals surface area contributed by atoms with Crippen LogP contribution in [0.3, 0.4) is 0 Å². The maximum absolute atomic E-state index is 13.5. The summed E-state index contributed by atoms with van der Waals surface area (Å²) in [5.41, 5.74) is 7.13. The number of hydrogen-bond acceptors (Lipinski definition) is 2. The molecular formula is C18H26FNO.